The molecule has 1 amide bonds. The lowest BCUT2D eigenvalue weighted by atomic mass is 9.92. The molecule has 0 atom stereocenters. The maximum Gasteiger partial charge on any atom is 0.251 e. The molecule has 0 N–H and O–H groups in total. The Labute approximate surface area is 133 Å². The number of carbonyl (C=O) groups is 1. The summed E-state index contributed by atoms with van der Waals surface area (Å²) in [6.45, 7) is 6.90. The first-order chi connectivity index (χ1) is 10.8. The van der Waals surface area contributed by atoms with Crippen molar-refractivity contribution in [2.75, 3.05) is 32.7 Å². The zero-order valence-corrected chi connectivity index (χ0v) is 13.6. The summed E-state index contributed by atoms with van der Waals surface area (Å²) < 4.78 is 0. The van der Waals surface area contributed by atoms with E-state index in [-0.39, 0.29) is 5.91 Å². The highest BCUT2D eigenvalue weighted by Crippen LogP contribution is 2.29. The molecule has 1 fully saturated rings. The van der Waals surface area contributed by atoms with Gasteiger partial charge in [-0.25, -0.2) is 0 Å². The predicted molar refractivity (Wildman–Crippen MR) is 90.5 cm³/mol. The maximum absolute atomic E-state index is 13.0. The summed E-state index contributed by atoms with van der Waals surface area (Å²) in [6.07, 6.45) is 4.54. The first-order valence-electron chi connectivity index (χ1n) is 8.58. The van der Waals surface area contributed by atoms with Crippen LogP contribution < -0.4 is 0 Å². The highest BCUT2D eigenvalue weighted by molar-refractivity contribution is 6.02. The number of rotatable bonds is 3. The number of piperidine rings is 1. The van der Waals surface area contributed by atoms with Gasteiger partial charge in [0.2, 0.25) is 0 Å². The number of hydrogen-bond donors (Lipinski definition) is 0. The van der Waals surface area contributed by atoms with Crippen molar-refractivity contribution in [1.82, 2.24) is 9.80 Å². The topological polar surface area (TPSA) is 23.6 Å². The lowest BCUT2D eigenvalue weighted by Crippen LogP contribution is -2.42. The number of carbonyl (C=O) groups excluding carboxylic acids is 1. The Morgan fingerprint density at radius 2 is 1.77 bits per heavy atom. The molecule has 0 radical (unpaired) electrons. The molecule has 1 aromatic carbocycles. The van der Waals surface area contributed by atoms with Crippen molar-refractivity contribution in [3.8, 4) is 0 Å². The average Bonchev–Trinajstić information content (AvgIpc) is 2.62. The molecule has 22 heavy (non-hydrogen) atoms. The van der Waals surface area contributed by atoms with Gasteiger partial charge in [-0.3, -0.25) is 9.69 Å². The molecule has 118 valence electrons. The molecule has 1 saturated heterocycles. The third kappa shape index (κ3) is 3.25. The molecule has 0 bridgehead atoms. The van der Waals surface area contributed by atoms with E-state index >= 15 is 0 Å². The van der Waals surface area contributed by atoms with Gasteiger partial charge in [-0.15, -0.1) is 0 Å². The van der Waals surface area contributed by atoms with E-state index in [0.29, 0.717) is 0 Å². The maximum atomic E-state index is 13.0. The van der Waals surface area contributed by atoms with E-state index in [0.717, 1.165) is 57.6 Å². The quantitative estimate of drug-likeness (QED) is 0.855. The first kappa shape index (κ1) is 15.3. The molecular weight excluding hydrogens is 272 g/mol. The minimum Gasteiger partial charge on any atom is -0.339 e. The molecule has 1 aromatic rings. The fourth-order valence-corrected chi connectivity index (χ4v) is 3.53. The van der Waals surface area contributed by atoms with Crippen LogP contribution in [-0.4, -0.2) is 48.4 Å². The van der Waals surface area contributed by atoms with Gasteiger partial charge < -0.3 is 4.90 Å². The molecule has 3 nitrogen and oxygen atoms in total. The Kier molecular flexibility index (Phi) is 4.94. The summed E-state index contributed by atoms with van der Waals surface area (Å²) in [5.74, 6) is 0.275. The van der Waals surface area contributed by atoms with E-state index in [1.54, 1.807) is 0 Å². The van der Waals surface area contributed by atoms with E-state index < -0.39 is 0 Å². The molecule has 0 aliphatic carbocycles. The monoisotopic (exact) mass is 298 g/mol. The zero-order chi connectivity index (χ0) is 15.4. The number of nitrogens with zero attached hydrogens (tertiary/aromatic N) is 2. The Morgan fingerprint density at radius 3 is 2.45 bits per heavy atom. The first-order valence-corrected chi connectivity index (χ1v) is 8.58. The average molecular weight is 298 g/mol. The van der Waals surface area contributed by atoms with Gasteiger partial charge in [-0.2, -0.15) is 0 Å². The minimum absolute atomic E-state index is 0.275. The second-order valence-electron chi connectivity index (χ2n) is 6.29. The Hall–Kier alpha value is -1.61. The fourth-order valence-electron chi connectivity index (χ4n) is 3.53. The highest BCUT2D eigenvalue weighted by atomic mass is 16.2. The normalized spacial score (nSPS) is 20.3. The Balaban J connectivity index is 1.92. The zero-order valence-electron chi connectivity index (χ0n) is 13.6. The van der Waals surface area contributed by atoms with Crippen molar-refractivity contribution in [2.24, 2.45) is 0 Å². The van der Waals surface area contributed by atoms with E-state index in [1.807, 2.05) is 6.07 Å². The van der Waals surface area contributed by atoms with Crippen molar-refractivity contribution in [1.29, 1.82) is 0 Å². The van der Waals surface area contributed by atoms with Crippen LogP contribution >= 0.6 is 0 Å². The van der Waals surface area contributed by atoms with Crippen LogP contribution in [-0.2, 0) is 4.79 Å². The molecule has 2 aliphatic rings. The van der Waals surface area contributed by atoms with Crippen LogP contribution in [0.2, 0.25) is 0 Å². The number of likely N-dealkylation sites (tertiary alicyclic amines) is 1. The largest absolute Gasteiger partial charge is 0.339 e. The minimum atomic E-state index is 0.275. The van der Waals surface area contributed by atoms with E-state index in [2.05, 4.69) is 41.0 Å². The van der Waals surface area contributed by atoms with Crippen molar-refractivity contribution < 1.29 is 4.79 Å². The van der Waals surface area contributed by atoms with Gasteiger partial charge >= 0.3 is 0 Å². The molecule has 0 unspecified atom stereocenters. The van der Waals surface area contributed by atoms with Crippen molar-refractivity contribution in [3.63, 3.8) is 0 Å². The molecule has 2 aliphatic heterocycles. The van der Waals surface area contributed by atoms with Crippen LogP contribution in [0.15, 0.2) is 35.9 Å². The van der Waals surface area contributed by atoms with Crippen molar-refractivity contribution >= 4 is 11.5 Å². The van der Waals surface area contributed by atoms with Crippen LogP contribution in [0.25, 0.3) is 5.57 Å². The van der Waals surface area contributed by atoms with Gasteiger partial charge in [0, 0.05) is 31.8 Å². The second kappa shape index (κ2) is 7.10. The van der Waals surface area contributed by atoms with Crippen LogP contribution in [0.4, 0.5) is 0 Å². The van der Waals surface area contributed by atoms with Gasteiger partial charge in [0.05, 0.1) is 0 Å². The summed E-state index contributed by atoms with van der Waals surface area (Å²) >= 11 is 0. The van der Waals surface area contributed by atoms with E-state index in [4.69, 9.17) is 0 Å². The molecular formula is C19H26N2O. The molecule has 3 rings (SSSR count). The Bertz CT molecular complexity index is 544. The van der Waals surface area contributed by atoms with Crippen LogP contribution in [0.1, 0.15) is 38.2 Å². The highest BCUT2D eigenvalue weighted by Gasteiger charge is 2.27. The standard InChI is InChI=1S/C19H26N2O/c1-2-20-14-11-17(16-9-5-3-6-10-16)18(15-20)19(22)21-12-7-4-8-13-21/h3,5-6,9-10H,2,4,7-8,11-15H2,1H3. The Morgan fingerprint density at radius 1 is 1.05 bits per heavy atom. The summed E-state index contributed by atoms with van der Waals surface area (Å²) in [5, 5.41) is 0. The summed E-state index contributed by atoms with van der Waals surface area (Å²) in [4.78, 5) is 17.5. The van der Waals surface area contributed by atoms with Gasteiger partial charge in [-0.1, -0.05) is 37.3 Å². The molecule has 2 heterocycles. The van der Waals surface area contributed by atoms with E-state index in [9.17, 15) is 4.79 Å². The van der Waals surface area contributed by atoms with Crippen molar-refractivity contribution in [3.05, 3.63) is 41.5 Å². The number of hydrogen-bond acceptors (Lipinski definition) is 2. The fraction of sp³-hybridized carbons (Fsp3) is 0.526. The van der Waals surface area contributed by atoms with Crippen LogP contribution in [0.5, 0.6) is 0 Å². The molecule has 0 saturated carbocycles. The van der Waals surface area contributed by atoms with E-state index in [1.165, 1.54) is 17.6 Å². The molecule has 0 spiro atoms. The van der Waals surface area contributed by atoms with Gasteiger partial charge in [-0.05, 0) is 43.4 Å². The third-order valence-electron chi connectivity index (χ3n) is 4.89. The van der Waals surface area contributed by atoms with Crippen molar-refractivity contribution in [2.45, 2.75) is 32.6 Å². The molecule has 3 heteroatoms. The number of likely N-dealkylation sites (N-methyl/N-ethyl adjacent to an activating group) is 1. The predicted octanol–water partition coefficient (Wildman–Crippen LogP) is 3.18. The smallest absolute Gasteiger partial charge is 0.251 e. The summed E-state index contributed by atoms with van der Waals surface area (Å²) in [5.41, 5.74) is 3.51. The van der Waals surface area contributed by atoms with Gasteiger partial charge in [0.15, 0.2) is 0 Å². The number of benzene rings is 1. The summed E-state index contributed by atoms with van der Waals surface area (Å²) in [6, 6.07) is 10.5. The lowest BCUT2D eigenvalue weighted by Gasteiger charge is -2.34. The summed E-state index contributed by atoms with van der Waals surface area (Å²) in [7, 11) is 0. The SMILES string of the molecule is CCN1CCC(c2ccccc2)=C(C(=O)N2CCCCC2)C1. The van der Waals surface area contributed by atoms with Gasteiger partial charge in [0.1, 0.15) is 0 Å². The lowest BCUT2D eigenvalue weighted by molar-refractivity contribution is -0.128. The third-order valence-corrected chi connectivity index (χ3v) is 4.89. The van der Waals surface area contributed by atoms with Crippen LogP contribution in [0, 0.1) is 0 Å². The van der Waals surface area contributed by atoms with Crippen LogP contribution in [0.3, 0.4) is 0 Å². The number of amides is 1. The second-order valence-corrected chi connectivity index (χ2v) is 6.29. The molecule has 0 aromatic heterocycles. The van der Waals surface area contributed by atoms with Gasteiger partial charge in [0.25, 0.3) is 5.91 Å².